The van der Waals surface area contributed by atoms with Crippen LogP contribution in [0.2, 0.25) is 0 Å². The van der Waals surface area contributed by atoms with E-state index in [1.165, 1.54) is 12.1 Å². The minimum atomic E-state index is -0.362. The molecule has 27 heavy (non-hydrogen) atoms. The summed E-state index contributed by atoms with van der Waals surface area (Å²) >= 11 is 0. The number of hydrogen-bond acceptors (Lipinski definition) is 3. The molecule has 0 bridgehead atoms. The van der Waals surface area contributed by atoms with Crippen LogP contribution in [0.5, 0.6) is 11.5 Å². The summed E-state index contributed by atoms with van der Waals surface area (Å²) in [7, 11) is 0. The predicted octanol–water partition coefficient (Wildman–Crippen LogP) is 5.03. The molecule has 0 saturated heterocycles. The van der Waals surface area contributed by atoms with Gasteiger partial charge in [0.15, 0.2) is 11.5 Å². The summed E-state index contributed by atoms with van der Waals surface area (Å²) in [5.74, 6) is 1.09. The van der Waals surface area contributed by atoms with Crippen molar-refractivity contribution in [3.05, 3.63) is 76.9 Å². The first-order valence-electron chi connectivity index (χ1n) is 8.53. The van der Waals surface area contributed by atoms with Crippen molar-refractivity contribution in [1.29, 1.82) is 5.26 Å². The highest BCUT2D eigenvalue weighted by Gasteiger charge is 2.16. The van der Waals surface area contributed by atoms with E-state index in [1.807, 2.05) is 38.1 Å². The first kappa shape index (κ1) is 16.9. The maximum absolute atomic E-state index is 13.5. The van der Waals surface area contributed by atoms with E-state index >= 15 is 0 Å². The van der Waals surface area contributed by atoms with E-state index in [1.54, 1.807) is 18.2 Å². The maximum atomic E-state index is 13.5. The Bertz CT molecular complexity index is 1110. The van der Waals surface area contributed by atoms with Gasteiger partial charge < -0.3 is 14.0 Å². The molecular formula is C22H17FN2O2. The van der Waals surface area contributed by atoms with E-state index in [0.717, 1.165) is 34.1 Å². The van der Waals surface area contributed by atoms with Gasteiger partial charge in [-0.15, -0.1) is 0 Å². The average Bonchev–Trinajstić information content (AvgIpc) is 3.23. The van der Waals surface area contributed by atoms with Crippen molar-refractivity contribution in [3.8, 4) is 23.3 Å². The van der Waals surface area contributed by atoms with Crippen molar-refractivity contribution >= 4 is 11.6 Å². The molecule has 0 atom stereocenters. The number of aromatic nitrogens is 1. The second-order valence-electron chi connectivity index (χ2n) is 6.38. The Kier molecular flexibility index (Phi) is 4.17. The molecule has 0 radical (unpaired) electrons. The van der Waals surface area contributed by atoms with E-state index in [0.29, 0.717) is 11.1 Å². The van der Waals surface area contributed by atoms with Gasteiger partial charge in [-0.05, 0) is 61.4 Å². The van der Waals surface area contributed by atoms with Crippen molar-refractivity contribution in [3.63, 3.8) is 0 Å². The van der Waals surface area contributed by atoms with Gasteiger partial charge >= 0.3 is 0 Å². The number of fused-ring (bicyclic) bond motifs is 1. The number of benzene rings is 2. The second-order valence-corrected chi connectivity index (χ2v) is 6.38. The van der Waals surface area contributed by atoms with E-state index < -0.39 is 0 Å². The van der Waals surface area contributed by atoms with Crippen LogP contribution < -0.4 is 9.47 Å². The van der Waals surface area contributed by atoms with Gasteiger partial charge in [-0.3, -0.25) is 0 Å². The number of ether oxygens (including phenoxy) is 2. The summed E-state index contributed by atoms with van der Waals surface area (Å²) in [6, 6.07) is 16.0. The molecule has 1 aromatic heterocycles. The molecule has 0 aliphatic carbocycles. The van der Waals surface area contributed by atoms with Crippen LogP contribution >= 0.6 is 0 Å². The summed E-state index contributed by atoms with van der Waals surface area (Å²) in [5.41, 5.74) is 4.85. The minimum Gasteiger partial charge on any atom is -0.454 e. The Morgan fingerprint density at radius 3 is 2.70 bits per heavy atom. The summed E-state index contributed by atoms with van der Waals surface area (Å²) in [4.78, 5) is 0. The van der Waals surface area contributed by atoms with Crippen molar-refractivity contribution in [2.24, 2.45) is 0 Å². The lowest BCUT2D eigenvalue weighted by atomic mass is 10.0. The molecular weight excluding hydrogens is 343 g/mol. The number of nitriles is 1. The molecule has 0 saturated carbocycles. The Morgan fingerprint density at radius 2 is 1.93 bits per heavy atom. The van der Waals surface area contributed by atoms with Crippen molar-refractivity contribution in [2.75, 3.05) is 6.79 Å². The van der Waals surface area contributed by atoms with Gasteiger partial charge in [0.1, 0.15) is 5.82 Å². The Morgan fingerprint density at radius 1 is 1.11 bits per heavy atom. The van der Waals surface area contributed by atoms with E-state index in [9.17, 15) is 9.65 Å². The summed E-state index contributed by atoms with van der Waals surface area (Å²) in [6.07, 6.45) is 1.79. The molecule has 5 heteroatoms. The van der Waals surface area contributed by atoms with Gasteiger partial charge in [0.25, 0.3) is 0 Å². The molecule has 3 aromatic rings. The van der Waals surface area contributed by atoms with Crippen LogP contribution in [-0.2, 0) is 0 Å². The van der Waals surface area contributed by atoms with Crippen LogP contribution in [0.15, 0.2) is 48.5 Å². The van der Waals surface area contributed by atoms with Crippen LogP contribution in [-0.4, -0.2) is 11.4 Å². The molecule has 1 aliphatic heterocycles. The standard InChI is InChI=1S/C22H17FN2O2/c1-14-8-17(9-18(12-24)16-4-3-5-19(23)10-16)15(2)25(14)20-6-7-21-22(11-20)27-13-26-21/h3-11H,13H2,1-2H3. The first-order chi connectivity index (χ1) is 13.1. The fourth-order valence-corrected chi connectivity index (χ4v) is 3.35. The molecule has 2 heterocycles. The van der Waals surface area contributed by atoms with E-state index in [4.69, 9.17) is 9.47 Å². The highest BCUT2D eigenvalue weighted by Crippen LogP contribution is 2.35. The molecule has 4 rings (SSSR count). The molecule has 0 fully saturated rings. The van der Waals surface area contributed by atoms with E-state index in [-0.39, 0.29) is 12.6 Å². The quantitative estimate of drug-likeness (QED) is 0.616. The zero-order valence-electron chi connectivity index (χ0n) is 15.0. The smallest absolute Gasteiger partial charge is 0.231 e. The normalized spacial score (nSPS) is 12.9. The van der Waals surface area contributed by atoms with Crippen LogP contribution in [0.3, 0.4) is 0 Å². The average molecular weight is 360 g/mol. The number of rotatable bonds is 3. The van der Waals surface area contributed by atoms with Gasteiger partial charge in [-0.2, -0.15) is 5.26 Å². The van der Waals surface area contributed by atoms with Crippen LogP contribution in [0.4, 0.5) is 4.39 Å². The second kappa shape index (κ2) is 6.65. The SMILES string of the molecule is Cc1cc(C=C(C#N)c2cccc(F)c2)c(C)n1-c1ccc2c(c1)OCO2. The third kappa shape index (κ3) is 3.06. The van der Waals surface area contributed by atoms with Gasteiger partial charge in [0, 0.05) is 23.1 Å². The molecule has 0 spiro atoms. The molecule has 134 valence electrons. The number of aryl methyl sites for hydroxylation is 1. The zero-order valence-corrected chi connectivity index (χ0v) is 15.0. The van der Waals surface area contributed by atoms with Crippen LogP contribution in [0.25, 0.3) is 17.3 Å². The van der Waals surface area contributed by atoms with Gasteiger partial charge in [0.2, 0.25) is 6.79 Å². The summed E-state index contributed by atoms with van der Waals surface area (Å²) < 4.78 is 26.5. The molecule has 0 amide bonds. The van der Waals surface area contributed by atoms with Crippen LogP contribution in [0, 0.1) is 31.0 Å². The highest BCUT2D eigenvalue weighted by molar-refractivity contribution is 5.90. The summed E-state index contributed by atoms with van der Waals surface area (Å²) in [5, 5.41) is 9.54. The van der Waals surface area contributed by atoms with Gasteiger partial charge in [-0.25, -0.2) is 4.39 Å². The number of hydrogen-bond donors (Lipinski definition) is 0. The lowest BCUT2D eigenvalue weighted by Gasteiger charge is -2.10. The zero-order chi connectivity index (χ0) is 19.0. The number of halogens is 1. The largest absolute Gasteiger partial charge is 0.454 e. The highest BCUT2D eigenvalue weighted by atomic mass is 19.1. The van der Waals surface area contributed by atoms with Crippen LogP contribution in [0.1, 0.15) is 22.5 Å². The fourth-order valence-electron chi connectivity index (χ4n) is 3.35. The first-order valence-corrected chi connectivity index (χ1v) is 8.53. The fraction of sp³-hybridized carbons (Fsp3) is 0.136. The molecule has 0 unspecified atom stereocenters. The Hall–Kier alpha value is -3.52. The van der Waals surface area contributed by atoms with E-state index in [2.05, 4.69) is 10.6 Å². The van der Waals surface area contributed by atoms with Crippen molar-refractivity contribution < 1.29 is 13.9 Å². The Labute approximate surface area is 156 Å². The third-order valence-electron chi connectivity index (χ3n) is 4.64. The number of allylic oxidation sites excluding steroid dienone is 1. The Balaban J connectivity index is 1.78. The lowest BCUT2D eigenvalue weighted by Crippen LogP contribution is -1.99. The van der Waals surface area contributed by atoms with Gasteiger partial charge in [-0.1, -0.05) is 12.1 Å². The number of nitrogens with zero attached hydrogens (tertiary/aromatic N) is 2. The summed E-state index contributed by atoms with van der Waals surface area (Å²) in [6.45, 7) is 4.22. The van der Waals surface area contributed by atoms with Crippen molar-refractivity contribution in [2.45, 2.75) is 13.8 Å². The molecule has 0 N–H and O–H groups in total. The minimum absolute atomic E-state index is 0.232. The molecule has 1 aliphatic rings. The third-order valence-corrected chi connectivity index (χ3v) is 4.64. The lowest BCUT2D eigenvalue weighted by molar-refractivity contribution is 0.174. The van der Waals surface area contributed by atoms with Gasteiger partial charge in [0.05, 0.1) is 11.6 Å². The monoisotopic (exact) mass is 360 g/mol. The van der Waals surface area contributed by atoms with Crippen molar-refractivity contribution in [1.82, 2.24) is 4.57 Å². The predicted molar refractivity (Wildman–Crippen MR) is 101 cm³/mol. The topological polar surface area (TPSA) is 47.2 Å². The molecule has 2 aromatic carbocycles. The maximum Gasteiger partial charge on any atom is 0.231 e. The molecule has 4 nitrogen and oxygen atoms in total.